The van der Waals surface area contributed by atoms with Crippen molar-refractivity contribution in [1.82, 2.24) is 0 Å². The van der Waals surface area contributed by atoms with Crippen LogP contribution in [-0.2, 0) is 33.4 Å². The van der Waals surface area contributed by atoms with Crippen molar-refractivity contribution < 1.29 is 48.8 Å². The van der Waals surface area contributed by atoms with Crippen molar-refractivity contribution >= 4 is 29.7 Å². The number of hydrogen-bond acceptors (Lipinski definition) is 8. The summed E-state index contributed by atoms with van der Waals surface area (Å²) in [6.07, 6.45) is 6.12. The highest BCUT2D eigenvalue weighted by Gasteiger charge is 2.65. The van der Waals surface area contributed by atoms with Gasteiger partial charge in [-0.25, -0.2) is 0 Å². The lowest BCUT2D eigenvalue weighted by atomic mass is 9.41. The molecule has 0 aromatic rings. The summed E-state index contributed by atoms with van der Waals surface area (Å²) in [5.74, 6) is -2.07. The van der Waals surface area contributed by atoms with Crippen LogP contribution in [-0.4, -0.2) is 62.8 Å². The van der Waals surface area contributed by atoms with Crippen molar-refractivity contribution in [2.24, 2.45) is 56.2 Å². The van der Waals surface area contributed by atoms with Crippen molar-refractivity contribution in [1.29, 1.82) is 0 Å². The summed E-state index contributed by atoms with van der Waals surface area (Å²) in [5.41, 5.74) is -2.30. The third-order valence-corrected chi connectivity index (χ3v) is 15.0. The van der Waals surface area contributed by atoms with Crippen LogP contribution in [0.3, 0.4) is 0 Å². The van der Waals surface area contributed by atoms with Crippen LogP contribution >= 0.6 is 0 Å². The summed E-state index contributed by atoms with van der Waals surface area (Å²) in [4.78, 5) is 63.1. The lowest BCUT2D eigenvalue weighted by molar-refractivity contribution is -0.192. The number of ether oxygens (including phenoxy) is 2. The highest BCUT2D eigenvalue weighted by Crippen LogP contribution is 2.73. The van der Waals surface area contributed by atoms with E-state index in [0.717, 1.165) is 38.5 Å². The zero-order chi connectivity index (χ0) is 41.0. The van der Waals surface area contributed by atoms with Gasteiger partial charge < -0.3 is 24.8 Å². The van der Waals surface area contributed by atoms with E-state index in [2.05, 4.69) is 47.6 Å². The van der Waals surface area contributed by atoms with Crippen LogP contribution < -0.4 is 0 Å². The molecule has 54 heavy (non-hydrogen) atoms. The molecule has 0 spiro atoms. The van der Waals surface area contributed by atoms with Crippen LogP contribution in [0.5, 0.6) is 0 Å². The second-order valence-electron chi connectivity index (χ2n) is 21.2. The minimum absolute atomic E-state index is 0.0102. The molecule has 10 nitrogen and oxygen atoms in total. The fourth-order valence-electron chi connectivity index (χ4n) is 12.0. The van der Waals surface area contributed by atoms with E-state index in [1.54, 1.807) is 33.3 Å². The average molecular weight is 759 g/mol. The van der Waals surface area contributed by atoms with Crippen LogP contribution in [0.4, 0.5) is 0 Å². The van der Waals surface area contributed by atoms with E-state index in [1.165, 1.54) is 13.8 Å². The number of carbonyl (C=O) groups excluding carboxylic acids is 3. The Hall–Kier alpha value is -2.75. The Kier molecular flexibility index (Phi) is 12.2. The van der Waals surface area contributed by atoms with E-state index in [-0.39, 0.29) is 59.2 Å². The maximum Gasteiger partial charge on any atom is 0.306 e. The molecule has 3 N–H and O–H groups in total. The van der Waals surface area contributed by atoms with Crippen molar-refractivity contribution in [3.63, 3.8) is 0 Å². The van der Waals surface area contributed by atoms with E-state index in [9.17, 15) is 39.3 Å². The normalized spacial score (nSPS) is 32.6. The van der Waals surface area contributed by atoms with Gasteiger partial charge in [0.2, 0.25) is 0 Å². The van der Waals surface area contributed by atoms with Crippen molar-refractivity contribution in [2.75, 3.05) is 0 Å². The molecule has 0 bridgehead atoms. The molecule has 4 rings (SSSR count). The molecule has 9 atom stereocenters. The summed E-state index contributed by atoms with van der Waals surface area (Å²) in [6, 6.07) is 0. The van der Waals surface area contributed by atoms with Gasteiger partial charge in [-0.3, -0.25) is 24.0 Å². The van der Waals surface area contributed by atoms with Gasteiger partial charge in [-0.2, -0.15) is 0 Å². The molecule has 0 aromatic heterocycles. The van der Waals surface area contributed by atoms with Crippen molar-refractivity contribution in [3.8, 4) is 0 Å². The number of hydrogen-bond donors (Lipinski definition) is 3. The molecular weight excluding hydrogens is 688 g/mol. The number of ketones is 1. The third-order valence-electron chi connectivity index (χ3n) is 15.0. The van der Waals surface area contributed by atoms with Gasteiger partial charge in [0.05, 0.1) is 31.3 Å². The zero-order valence-electron chi connectivity index (χ0n) is 35.2. The molecule has 0 heterocycles. The predicted molar refractivity (Wildman–Crippen MR) is 205 cm³/mol. The minimum Gasteiger partial charge on any atom is -0.481 e. The SMILES string of the molecule is CC(C[C@@H](OC(=O)CC(C)(C)CC(=O)O)[C@H](OC(=O)CC(C)(C)CC(=O)O)C(C)(C)O)[C@@H]1CC[C@]2(C)C3=CCC4C(C)(C)C(=O)CC[C@]4(C)C3CC[C@@]12C. The second kappa shape index (κ2) is 15.0. The van der Waals surface area contributed by atoms with Crippen molar-refractivity contribution in [2.45, 2.75) is 178 Å². The van der Waals surface area contributed by atoms with Gasteiger partial charge in [0.15, 0.2) is 6.10 Å². The van der Waals surface area contributed by atoms with Gasteiger partial charge in [-0.1, -0.05) is 80.9 Å². The quantitative estimate of drug-likeness (QED) is 0.109. The largest absolute Gasteiger partial charge is 0.481 e. The lowest BCUT2D eigenvalue weighted by Gasteiger charge is -2.63. The number of aliphatic carboxylic acids is 2. The second-order valence-corrected chi connectivity index (χ2v) is 21.2. The van der Waals surface area contributed by atoms with Gasteiger partial charge in [0, 0.05) is 11.8 Å². The molecule has 3 fully saturated rings. The van der Waals surface area contributed by atoms with Gasteiger partial charge in [-0.15, -0.1) is 0 Å². The van der Waals surface area contributed by atoms with Gasteiger partial charge in [-0.05, 0) is 110 Å². The average Bonchev–Trinajstić information content (AvgIpc) is 3.26. The van der Waals surface area contributed by atoms with E-state index >= 15 is 0 Å². The smallest absolute Gasteiger partial charge is 0.306 e. The zero-order valence-corrected chi connectivity index (χ0v) is 35.2. The molecule has 3 saturated carbocycles. The first-order valence-electron chi connectivity index (χ1n) is 20.3. The van der Waals surface area contributed by atoms with Crippen LogP contribution in [0.15, 0.2) is 11.6 Å². The number of carboxylic acids is 2. The number of rotatable bonds is 15. The standard InChI is InChI=1S/C44H70O10/c1-26(27-15-19-44(12)29-13-14-31-40(6,7)32(45)17-18-42(31,10)28(29)16-20-43(27,44)11)21-30(53-35(50)24-38(2,3)22-33(46)47)37(41(8,9)52)54-36(51)25-39(4,5)23-34(48)49/h13,26-28,30-31,37,52H,14-25H2,1-12H3,(H,46,47)(H,48,49)/t26?,27-,28?,30+,31?,37-,42+,43-,44+/m0/s1. The summed E-state index contributed by atoms with van der Waals surface area (Å²) < 4.78 is 12.1. The first kappa shape index (κ1) is 44.0. The van der Waals surface area contributed by atoms with E-state index in [4.69, 9.17) is 9.47 Å². The van der Waals surface area contributed by atoms with Crippen LogP contribution in [0.2, 0.25) is 0 Å². The first-order valence-corrected chi connectivity index (χ1v) is 20.3. The molecule has 0 amide bonds. The first-order chi connectivity index (χ1) is 24.5. The molecule has 306 valence electrons. The molecule has 0 radical (unpaired) electrons. The molecular formula is C44H70O10. The van der Waals surface area contributed by atoms with Gasteiger partial charge in [0.1, 0.15) is 11.9 Å². The Morgan fingerprint density at radius 2 is 1.35 bits per heavy atom. The number of aliphatic hydroxyl groups is 1. The molecule has 0 aliphatic heterocycles. The van der Waals surface area contributed by atoms with Crippen LogP contribution in [0.1, 0.15) is 160 Å². The molecule has 3 unspecified atom stereocenters. The minimum atomic E-state index is -1.63. The maximum absolute atomic E-state index is 13.6. The number of carbonyl (C=O) groups is 5. The Labute approximate surface area is 323 Å². The molecule has 4 aliphatic rings. The van der Waals surface area contributed by atoms with Gasteiger partial charge >= 0.3 is 23.9 Å². The topological polar surface area (TPSA) is 164 Å². The van der Waals surface area contributed by atoms with Gasteiger partial charge in [0.25, 0.3) is 0 Å². The highest BCUT2D eigenvalue weighted by atomic mass is 16.6. The van der Waals surface area contributed by atoms with E-state index in [0.29, 0.717) is 30.5 Å². The Bertz CT molecular complexity index is 1510. The Morgan fingerprint density at radius 1 is 0.815 bits per heavy atom. The molecule has 4 aliphatic carbocycles. The number of Topliss-reactive ketones (excluding diaryl/α,β-unsaturated/α-hetero) is 1. The summed E-state index contributed by atoms with van der Waals surface area (Å²) in [6.45, 7) is 23.4. The summed E-state index contributed by atoms with van der Waals surface area (Å²) in [5, 5.41) is 30.3. The van der Waals surface area contributed by atoms with Crippen LogP contribution in [0, 0.1) is 56.2 Å². The van der Waals surface area contributed by atoms with E-state index < -0.39 is 52.5 Å². The maximum atomic E-state index is 13.6. The molecule has 0 saturated heterocycles. The number of fused-ring (bicyclic) bond motifs is 5. The fraction of sp³-hybridized carbons (Fsp3) is 0.841. The number of esters is 2. The fourth-order valence-corrected chi connectivity index (χ4v) is 12.0. The summed E-state index contributed by atoms with van der Waals surface area (Å²) in [7, 11) is 0. The third kappa shape index (κ3) is 8.63. The number of carboxylic acid groups (broad SMARTS) is 2. The Morgan fingerprint density at radius 3 is 1.87 bits per heavy atom. The highest BCUT2D eigenvalue weighted by molar-refractivity contribution is 5.85. The number of allylic oxidation sites excluding steroid dienone is 2. The lowest BCUT2D eigenvalue weighted by Crippen LogP contribution is -2.57. The van der Waals surface area contributed by atoms with Crippen molar-refractivity contribution in [3.05, 3.63) is 11.6 Å². The summed E-state index contributed by atoms with van der Waals surface area (Å²) >= 11 is 0. The Balaban J connectivity index is 1.64. The van der Waals surface area contributed by atoms with E-state index in [1.807, 2.05) is 0 Å². The predicted octanol–water partition coefficient (Wildman–Crippen LogP) is 8.56. The monoisotopic (exact) mass is 758 g/mol. The molecule has 10 heteroatoms. The van der Waals surface area contributed by atoms with Crippen LogP contribution in [0.25, 0.3) is 0 Å². The molecule has 0 aromatic carbocycles.